The van der Waals surface area contributed by atoms with Crippen molar-refractivity contribution < 1.29 is 44.5 Å². The smallest absolute Gasteiger partial charge is 0.229 e. The number of carbonyl (C=O) groups excluding carboxylic acids is 1. The number of aliphatic hydroxyl groups is 4. The number of phenols is 1. The van der Waals surface area contributed by atoms with Crippen molar-refractivity contribution >= 4 is 5.78 Å². The summed E-state index contributed by atoms with van der Waals surface area (Å²) in [6.45, 7) is 4.29. The van der Waals surface area contributed by atoms with Gasteiger partial charge in [-0.3, -0.25) is 4.79 Å². The molecule has 1 fully saturated rings. The third kappa shape index (κ3) is 7.35. The van der Waals surface area contributed by atoms with Gasteiger partial charge < -0.3 is 39.7 Å². The highest BCUT2D eigenvalue weighted by Gasteiger charge is 2.44. The number of rotatable bonds is 7. The highest BCUT2D eigenvalue weighted by molar-refractivity contribution is 6.00. The first kappa shape index (κ1) is 29.2. The molecule has 0 bridgehead atoms. The number of ketones is 1. The lowest BCUT2D eigenvalue weighted by Crippen LogP contribution is -2.60. The summed E-state index contributed by atoms with van der Waals surface area (Å²) in [5.74, 6) is 1.18. The Hall–Kier alpha value is -3.38. The first-order valence-corrected chi connectivity index (χ1v) is 12.3. The van der Waals surface area contributed by atoms with Crippen LogP contribution >= 0.6 is 0 Å². The van der Waals surface area contributed by atoms with E-state index < -0.39 is 43.4 Å². The van der Waals surface area contributed by atoms with E-state index in [4.69, 9.17) is 19.7 Å². The molecular formula is C26H33N3O9. The molecule has 0 radical (unpaired) electrons. The van der Waals surface area contributed by atoms with Crippen molar-refractivity contribution in [3.8, 4) is 17.2 Å². The van der Waals surface area contributed by atoms with Gasteiger partial charge in [0.25, 0.3) is 0 Å². The molecule has 1 saturated heterocycles. The van der Waals surface area contributed by atoms with Crippen molar-refractivity contribution in [2.24, 2.45) is 11.0 Å². The summed E-state index contributed by atoms with van der Waals surface area (Å²) in [5, 5.41) is 52.0. The first-order chi connectivity index (χ1) is 18.1. The quantitative estimate of drug-likeness (QED) is 0.203. The van der Waals surface area contributed by atoms with Crippen molar-refractivity contribution in [1.82, 2.24) is 0 Å². The van der Waals surface area contributed by atoms with Crippen molar-refractivity contribution in [2.75, 3.05) is 13.2 Å². The van der Waals surface area contributed by atoms with E-state index in [1.807, 2.05) is 0 Å². The van der Waals surface area contributed by atoms with Crippen LogP contribution in [-0.2, 0) is 4.74 Å². The van der Waals surface area contributed by atoms with E-state index in [9.17, 15) is 30.3 Å². The van der Waals surface area contributed by atoms with Gasteiger partial charge in [-0.15, -0.1) is 0 Å². The minimum absolute atomic E-state index is 0.00507. The zero-order chi connectivity index (χ0) is 27.8. The van der Waals surface area contributed by atoms with Crippen molar-refractivity contribution in [2.45, 2.75) is 63.5 Å². The topological polar surface area (TPSA) is 195 Å². The predicted molar refractivity (Wildman–Crippen MR) is 135 cm³/mol. The van der Waals surface area contributed by atoms with Crippen LogP contribution in [0, 0.1) is 5.92 Å². The third-order valence-electron chi connectivity index (χ3n) is 6.13. The molecule has 2 aromatic carbocycles. The molecule has 38 heavy (non-hydrogen) atoms. The molecule has 0 aromatic heterocycles. The van der Waals surface area contributed by atoms with E-state index in [1.165, 1.54) is 18.2 Å². The van der Waals surface area contributed by atoms with E-state index in [2.05, 4.69) is 23.9 Å². The summed E-state index contributed by atoms with van der Waals surface area (Å²) in [6.07, 6.45) is -6.25. The number of fused-ring (bicyclic) bond motifs is 1. The average Bonchev–Trinajstić information content (AvgIpc) is 2.89. The van der Waals surface area contributed by atoms with E-state index in [1.54, 1.807) is 24.3 Å². The largest absolute Gasteiger partial charge is 0.508 e. The average molecular weight is 532 g/mol. The molecule has 2 heterocycles. The fourth-order valence-electron chi connectivity index (χ4n) is 3.92. The van der Waals surface area contributed by atoms with Crippen molar-refractivity contribution in [3.05, 3.63) is 64.0 Å². The monoisotopic (exact) mass is 531 g/mol. The van der Waals surface area contributed by atoms with Gasteiger partial charge in [-0.05, 0) is 47.7 Å². The number of aliphatic hydroxyl groups excluding tert-OH is 4. The maximum Gasteiger partial charge on any atom is 0.229 e. The standard InChI is InChI=1S/C21H22O9.C5H11N3/c22-9-17-18(25)19(26)20(27)21(30-17)28-12-4-1-10(2-5-12)15-8-14(24)13-6-3-11(23)7-16(13)29-15;1-5(2)3-4-7-8-6/h1-7,15,17-23,25-27H,8-9H2;5H,3-4H2,1-2H3/t15?,17?,18-,19-,20?,21-;/m1./s1. The predicted octanol–water partition coefficient (Wildman–Crippen LogP) is 2.62. The Balaban J connectivity index is 0.000000436. The number of carbonyl (C=O) groups is 1. The number of phenolic OH excluding ortho intramolecular Hbond substituents is 1. The van der Waals surface area contributed by atoms with Crippen LogP contribution in [0.4, 0.5) is 0 Å². The maximum atomic E-state index is 12.4. The van der Waals surface area contributed by atoms with E-state index >= 15 is 0 Å². The molecule has 2 aromatic rings. The maximum absolute atomic E-state index is 12.4. The summed E-state index contributed by atoms with van der Waals surface area (Å²) in [7, 11) is 0. The summed E-state index contributed by atoms with van der Waals surface area (Å²) in [6, 6.07) is 10.9. The normalized spacial score (nSPS) is 26.3. The number of hydrogen-bond acceptors (Lipinski definition) is 10. The Morgan fingerprint density at radius 3 is 2.45 bits per heavy atom. The Morgan fingerprint density at radius 2 is 1.82 bits per heavy atom. The molecule has 12 nitrogen and oxygen atoms in total. The van der Waals surface area contributed by atoms with Gasteiger partial charge in [0.05, 0.1) is 18.6 Å². The van der Waals surface area contributed by atoms with Crippen LogP contribution in [0.5, 0.6) is 17.2 Å². The van der Waals surface area contributed by atoms with Crippen LogP contribution in [0.1, 0.15) is 48.7 Å². The van der Waals surface area contributed by atoms with Gasteiger partial charge in [0.15, 0.2) is 5.78 Å². The molecule has 6 atom stereocenters. The van der Waals surface area contributed by atoms with Crippen molar-refractivity contribution in [1.29, 1.82) is 0 Å². The van der Waals surface area contributed by atoms with Crippen LogP contribution in [0.25, 0.3) is 10.4 Å². The SMILES string of the molecule is CC(C)CCN=[N+]=[N-].O=C1CC(c2ccc(O[C@@H]3OC(CO)[C@@H](O)[C@@H](O)C3O)cc2)Oc2cc(O)ccc21. The Morgan fingerprint density at radius 1 is 1.11 bits per heavy atom. The van der Waals surface area contributed by atoms with E-state index in [-0.39, 0.29) is 18.0 Å². The molecule has 0 aliphatic carbocycles. The zero-order valence-corrected chi connectivity index (χ0v) is 21.1. The number of hydrogen-bond donors (Lipinski definition) is 5. The molecule has 12 heteroatoms. The first-order valence-electron chi connectivity index (χ1n) is 12.3. The second-order valence-electron chi connectivity index (χ2n) is 9.44. The lowest BCUT2D eigenvalue weighted by atomic mass is 9.96. The summed E-state index contributed by atoms with van der Waals surface area (Å²) in [4.78, 5) is 15.0. The summed E-state index contributed by atoms with van der Waals surface area (Å²) in [5.41, 5.74) is 8.97. The second-order valence-corrected chi connectivity index (χ2v) is 9.44. The molecule has 0 spiro atoms. The Labute approximate surface area is 219 Å². The van der Waals surface area contributed by atoms with Crippen LogP contribution in [0.15, 0.2) is 47.6 Å². The number of nitrogens with zero attached hydrogens (tertiary/aromatic N) is 3. The molecule has 206 valence electrons. The summed E-state index contributed by atoms with van der Waals surface area (Å²) >= 11 is 0. The lowest BCUT2D eigenvalue weighted by Gasteiger charge is -2.39. The number of Topliss-reactive ketones (excluding diaryl/α,β-unsaturated/α-hetero) is 1. The zero-order valence-electron chi connectivity index (χ0n) is 21.1. The molecule has 3 unspecified atom stereocenters. The van der Waals surface area contributed by atoms with Crippen LogP contribution < -0.4 is 9.47 Å². The van der Waals surface area contributed by atoms with Crippen molar-refractivity contribution in [3.63, 3.8) is 0 Å². The van der Waals surface area contributed by atoms with E-state index in [0.717, 1.165) is 6.42 Å². The summed E-state index contributed by atoms with van der Waals surface area (Å²) < 4.78 is 16.7. The number of aromatic hydroxyl groups is 1. The second kappa shape index (κ2) is 13.4. The molecular weight excluding hydrogens is 498 g/mol. The fourth-order valence-corrected chi connectivity index (χ4v) is 3.92. The van der Waals surface area contributed by atoms with Crippen LogP contribution in [0.2, 0.25) is 0 Å². The van der Waals surface area contributed by atoms with Gasteiger partial charge in [0.1, 0.15) is 47.8 Å². The van der Waals surface area contributed by atoms with Gasteiger partial charge in [-0.2, -0.15) is 0 Å². The third-order valence-corrected chi connectivity index (χ3v) is 6.13. The van der Waals surface area contributed by atoms with Gasteiger partial charge in [-0.25, -0.2) is 0 Å². The van der Waals surface area contributed by atoms with E-state index in [0.29, 0.717) is 35.1 Å². The highest BCUT2D eigenvalue weighted by atomic mass is 16.7. The molecule has 0 amide bonds. The molecule has 0 saturated carbocycles. The molecule has 4 rings (SSSR count). The number of azide groups is 1. The van der Waals surface area contributed by atoms with Gasteiger partial charge in [0.2, 0.25) is 6.29 Å². The lowest BCUT2D eigenvalue weighted by molar-refractivity contribution is -0.277. The van der Waals surface area contributed by atoms with Crippen LogP contribution in [-0.4, -0.2) is 75.2 Å². The number of ether oxygens (including phenoxy) is 3. The Kier molecular flexibility index (Phi) is 10.3. The molecule has 2 aliphatic heterocycles. The molecule has 5 N–H and O–H groups in total. The van der Waals surface area contributed by atoms with Gasteiger partial charge in [-0.1, -0.05) is 31.1 Å². The minimum atomic E-state index is -1.53. The minimum Gasteiger partial charge on any atom is -0.508 e. The number of benzene rings is 2. The Bertz CT molecular complexity index is 1120. The fraction of sp³-hybridized carbons (Fsp3) is 0.500. The molecule has 2 aliphatic rings. The highest BCUT2D eigenvalue weighted by Crippen LogP contribution is 2.37. The van der Waals surface area contributed by atoms with Gasteiger partial charge in [0, 0.05) is 17.5 Å². The van der Waals surface area contributed by atoms with Gasteiger partial charge >= 0.3 is 0 Å². The van der Waals surface area contributed by atoms with Crippen LogP contribution in [0.3, 0.4) is 0 Å².